The Labute approximate surface area is 149 Å². The zero-order valence-corrected chi connectivity index (χ0v) is 15.0. The van der Waals surface area contributed by atoms with Gasteiger partial charge >= 0.3 is 6.03 Å². The Kier molecular flexibility index (Phi) is 5.71. The monoisotopic (exact) mass is 341 g/mol. The van der Waals surface area contributed by atoms with Crippen molar-refractivity contribution < 1.29 is 4.79 Å². The van der Waals surface area contributed by atoms with Gasteiger partial charge in [0.25, 0.3) is 0 Å². The summed E-state index contributed by atoms with van der Waals surface area (Å²) in [6.45, 7) is 8.53. The van der Waals surface area contributed by atoms with Crippen LogP contribution in [-0.4, -0.2) is 40.3 Å². The number of hydrogen-bond donors (Lipinski definition) is 2. The van der Waals surface area contributed by atoms with Gasteiger partial charge in [0.15, 0.2) is 0 Å². The van der Waals surface area contributed by atoms with Crippen molar-refractivity contribution >= 4 is 11.7 Å². The fraction of sp³-hybridized carbons (Fsp3) is 0.474. The third-order valence-corrected chi connectivity index (χ3v) is 4.69. The molecule has 25 heavy (non-hydrogen) atoms. The average molecular weight is 341 g/mol. The lowest BCUT2D eigenvalue weighted by Crippen LogP contribution is -2.34. The number of hydrogen-bond acceptors (Lipinski definition) is 3. The molecule has 0 bridgehead atoms. The van der Waals surface area contributed by atoms with E-state index < -0.39 is 0 Å². The van der Waals surface area contributed by atoms with Gasteiger partial charge in [0, 0.05) is 32.4 Å². The number of nitrogens with zero attached hydrogens (tertiary/aromatic N) is 3. The fourth-order valence-corrected chi connectivity index (χ4v) is 3.27. The van der Waals surface area contributed by atoms with Crippen LogP contribution in [0.4, 0.5) is 10.5 Å². The molecule has 1 saturated heterocycles. The number of likely N-dealkylation sites (tertiary alicyclic amines) is 1. The quantitative estimate of drug-likeness (QED) is 0.849. The van der Waals surface area contributed by atoms with Gasteiger partial charge < -0.3 is 10.6 Å². The van der Waals surface area contributed by atoms with Crippen LogP contribution in [0.2, 0.25) is 0 Å². The van der Waals surface area contributed by atoms with E-state index in [0.29, 0.717) is 12.5 Å². The molecule has 1 fully saturated rings. The zero-order chi connectivity index (χ0) is 17.6. The summed E-state index contributed by atoms with van der Waals surface area (Å²) in [6, 6.07) is 10.4. The number of benzene rings is 1. The maximum absolute atomic E-state index is 12.1. The largest absolute Gasteiger partial charge is 0.338 e. The zero-order valence-electron chi connectivity index (χ0n) is 15.0. The van der Waals surface area contributed by atoms with E-state index in [0.717, 1.165) is 44.0 Å². The minimum atomic E-state index is -0.153. The summed E-state index contributed by atoms with van der Waals surface area (Å²) in [5.41, 5.74) is 2.96. The lowest BCUT2D eigenvalue weighted by atomic mass is 10.1. The molecule has 1 aromatic carbocycles. The first-order valence-electron chi connectivity index (χ1n) is 8.99. The first kappa shape index (κ1) is 17.5. The van der Waals surface area contributed by atoms with Crippen molar-refractivity contribution in [3.8, 4) is 0 Å². The molecule has 1 aromatic heterocycles. The van der Waals surface area contributed by atoms with Gasteiger partial charge in [-0.3, -0.25) is 9.58 Å². The van der Waals surface area contributed by atoms with Crippen molar-refractivity contribution in [1.82, 2.24) is 20.0 Å². The van der Waals surface area contributed by atoms with Gasteiger partial charge in [-0.25, -0.2) is 4.79 Å². The van der Waals surface area contributed by atoms with Crippen LogP contribution in [0.3, 0.4) is 0 Å². The number of aromatic nitrogens is 2. The molecule has 0 unspecified atom stereocenters. The molecule has 3 rings (SSSR count). The van der Waals surface area contributed by atoms with E-state index in [1.54, 1.807) is 0 Å². The molecule has 2 N–H and O–H groups in total. The Morgan fingerprint density at radius 2 is 2.12 bits per heavy atom. The minimum absolute atomic E-state index is 0.153. The van der Waals surface area contributed by atoms with E-state index in [1.165, 1.54) is 5.56 Å². The maximum Gasteiger partial charge on any atom is 0.319 e. The second kappa shape index (κ2) is 8.16. The van der Waals surface area contributed by atoms with Crippen molar-refractivity contribution in [3.63, 3.8) is 0 Å². The average Bonchev–Trinajstić information content (AvgIpc) is 3.20. The number of amides is 2. The molecule has 1 aliphatic heterocycles. The summed E-state index contributed by atoms with van der Waals surface area (Å²) < 4.78 is 1.82. The van der Waals surface area contributed by atoms with Crippen LogP contribution in [0.1, 0.15) is 24.6 Å². The van der Waals surface area contributed by atoms with Gasteiger partial charge in [-0.1, -0.05) is 30.3 Å². The molecule has 1 aliphatic rings. The molecule has 6 nitrogen and oxygen atoms in total. The number of carbonyl (C=O) groups is 1. The highest BCUT2D eigenvalue weighted by molar-refractivity contribution is 5.89. The van der Waals surface area contributed by atoms with Crippen LogP contribution >= 0.6 is 0 Å². The molecule has 2 aromatic rings. The van der Waals surface area contributed by atoms with E-state index in [2.05, 4.69) is 44.9 Å². The predicted molar refractivity (Wildman–Crippen MR) is 99.5 cm³/mol. The number of rotatable bonds is 6. The predicted octanol–water partition coefficient (Wildman–Crippen LogP) is 2.86. The normalized spacial score (nSPS) is 17.6. The van der Waals surface area contributed by atoms with E-state index in [4.69, 9.17) is 0 Å². The first-order valence-corrected chi connectivity index (χ1v) is 8.99. The van der Waals surface area contributed by atoms with Crippen molar-refractivity contribution in [1.29, 1.82) is 0 Å². The summed E-state index contributed by atoms with van der Waals surface area (Å²) in [5.74, 6) is 0.508. The van der Waals surface area contributed by atoms with Gasteiger partial charge in [-0.05, 0) is 38.3 Å². The maximum atomic E-state index is 12.1. The van der Waals surface area contributed by atoms with Gasteiger partial charge in [0.2, 0.25) is 0 Å². The van der Waals surface area contributed by atoms with E-state index in [9.17, 15) is 4.79 Å². The SMILES string of the molecule is CCn1cc(NC(=O)NC[C@H]2CCN(Cc3ccccc3)C2)c(C)n1. The molecule has 0 spiro atoms. The van der Waals surface area contributed by atoms with Gasteiger partial charge in [0.1, 0.15) is 0 Å². The second-order valence-corrected chi connectivity index (χ2v) is 6.69. The molecule has 2 heterocycles. The summed E-state index contributed by atoms with van der Waals surface area (Å²) in [7, 11) is 0. The summed E-state index contributed by atoms with van der Waals surface area (Å²) in [4.78, 5) is 14.6. The Hall–Kier alpha value is -2.34. The van der Waals surface area contributed by atoms with Crippen molar-refractivity contribution in [2.45, 2.75) is 33.4 Å². The molecule has 6 heteroatoms. The Balaban J connectivity index is 1.41. The third kappa shape index (κ3) is 4.82. The molecule has 0 radical (unpaired) electrons. The third-order valence-electron chi connectivity index (χ3n) is 4.69. The van der Waals surface area contributed by atoms with Crippen LogP contribution in [-0.2, 0) is 13.1 Å². The fourth-order valence-electron chi connectivity index (χ4n) is 3.27. The molecule has 2 amide bonds. The van der Waals surface area contributed by atoms with E-state index in [-0.39, 0.29) is 6.03 Å². The number of carbonyl (C=O) groups excluding carboxylic acids is 1. The first-order chi connectivity index (χ1) is 12.1. The van der Waals surface area contributed by atoms with Crippen molar-refractivity contribution in [2.24, 2.45) is 5.92 Å². The molecule has 0 saturated carbocycles. The second-order valence-electron chi connectivity index (χ2n) is 6.69. The standard InChI is InChI=1S/C19H27N5O/c1-3-24-14-18(15(2)22-24)21-19(25)20-11-17-9-10-23(13-17)12-16-7-5-4-6-8-16/h4-8,14,17H,3,9-13H2,1-2H3,(H2,20,21,25)/t17-/m1/s1. The molecule has 1 atom stereocenters. The lowest BCUT2D eigenvalue weighted by molar-refractivity contribution is 0.249. The van der Waals surface area contributed by atoms with E-state index >= 15 is 0 Å². The highest BCUT2D eigenvalue weighted by atomic mass is 16.2. The Morgan fingerprint density at radius 3 is 2.84 bits per heavy atom. The number of nitrogens with one attached hydrogen (secondary N) is 2. The van der Waals surface area contributed by atoms with Gasteiger partial charge in [0.05, 0.1) is 11.4 Å². The van der Waals surface area contributed by atoms with Crippen LogP contribution in [0.25, 0.3) is 0 Å². The Morgan fingerprint density at radius 1 is 1.32 bits per heavy atom. The molecular weight excluding hydrogens is 314 g/mol. The van der Waals surface area contributed by atoms with Crippen LogP contribution in [0, 0.1) is 12.8 Å². The van der Waals surface area contributed by atoms with E-state index in [1.807, 2.05) is 30.8 Å². The highest BCUT2D eigenvalue weighted by Gasteiger charge is 2.22. The topological polar surface area (TPSA) is 62.2 Å². The minimum Gasteiger partial charge on any atom is -0.338 e. The molecule has 134 valence electrons. The number of aryl methyl sites for hydroxylation is 2. The van der Waals surface area contributed by atoms with Crippen LogP contribution < -0.4 is 10.6 Å². The molecule has 0 aliphatic carbocycles. The smallest absolute Gasteiger partial charge is 0.319 e. The highest BCUT2D eigenvalue weighted by Crippen LogP contribution is 2.18. The summed E-state index contributed by atoms with van der Waals surface area (Å²) in [6.07, 6.45) is 2.99. The van der Waals surface area contributed by atoms with Gasteiger partial charge in [-0.15, -0.1) is 0 Å². The Bertz CT molecular complexity index is 697. The lowest BCUT2D eigenvalue weighted by Gasteiger charge is -2.16. The van der Waals surface area contributed by atoms with Crippen LogP contribution in [0.5, 0.6) is 0 Å². The van der Waals surface area contributed by atoms with Crippen molar-refractivity contribution in [3.05, 3.63) is 47.8 Å². The van der Waals surface area contributed by atoms with Crippen molar-refractivity contribution in [2.75, 3.05) is 25.0 Å². The van der Waals surface area contributed by atoms with Gasteiger partial charge in [-0.2, -0.15) is 5.10 Å². The molecular formula is C19H27N5O. The number of urea groups is 1. The van der Waals surface area contributed by atoms with Crippen LogP contribution in [0.15, 0.2) is 36.5 Å². The summed E-state index contributed by atoms with van der Waals surface area (Å²) in [5, 5.41) is 10.2. The summed E-state index contributed by atoms with van der Waals surface area (Å²) >= 11 is 0. The number of anilines is 1.